The number of benzene rings is 8. The maximum absolute atomic E-state index is 5.74. The van der Waals surface area contributed by atoms with Crippen LogP contribution in [0.15, 0.2) is 343 Å². The summed E-state index contributed by atoms with van der Waals surface area (Å²) in [5.41, 5.74) is 27.6. The minimum absolute atomic E-state index is 0.250. The van der Waals surface area contributed by atoms with Crippen LogP contribution in [0.2, 0.25) is 0 Å². The summed E-state index contributed by atoms with van der Waals surface area (Å²) in [4.78, 5) is 48.0. The van der Waals surface area contributed by atoms with E-state index in [1.807, 2.05) is 102 Å². The number of rotatable bonds is 8. The molecule has 0 unspecified atom stereocenters. The van der Waals surface area contributed by atoms with Gasteiger partial charge in [-0.1, -0.05) is 218 Å². The van der Waals surface area contributed by atoms with Crippen molar-refractivity contribution in [1.29, 1.82) is 0 Å². The fraction of sp³-hybridized carbons (Fsp3) is 0. The quantitative estimate of drug-likeness (QED) is 0.152. The highest BCUT2D eigenvalue weighted by atomic mass is 15.5. The standard InChI is InChI=1S/C64H42N8.C16H10N8/c1-9-25-43(26-10-1)52-41-49-42-53-69-70-64(71(53)50-37-21-7-22-38-50)68-63-66-58(48-35-19-6-20-36-48)60(67-63)57(47-33-17-5-18-34-47)62-55(45-29-13-3-14-30-45)54(44-27-11-2-12-28-44)61(72(62)51-39-23-8-24-40-51)56(59(52)65-49)46-31-15-4-16-32-46;1-2-11-6-13-8-17-15(20-13)22-16-21-14(23-24-16)7-12-4-3-10(19-12)5-9(1)18-11/h1-42H;1-8H,(H2,17,20,21,22,23,24). The summed E-state index contributed by atoms with van der Waals surface area (Å²) >= 11 is 0. The van der Waals surface area contributed by atoms with Crippen molar-refractivity contribution in [2.45, 2.75) is 0 Å². The zero-order valence-electron chi connectivity index (χ0n) is 51.1. The van der Waals surface area contributed by atoms with Gasteiger partial charge in [-0.3, -0.25) is 15.4 Å². The molecule has 10 heterocycles. The summed E-state index contributed by atoms with van der Waals surface area (Å²) in [5, 5.41) is 9.57. The van der Waals surface area contributed by atoms with Crippen molar-refractivity contribution in [2.75, 3.05) is 0 Å². The average Bonchev–Trinajstić information content (AvgIpc) is 1.55. The molecule has 0 atom stereocenters. The third kappa shape index (κ3) is 10.9. The summed E-state index contributed by atoms with van der Waals surface area (Å²) in [6.45, 7) is 0. The number of hydrogen-bond acceptors (Lipinski definition) is 14. The van der Waals surface area contributed by atoms with E-state index < -0.39 is 0 Å². The molecular weight excluding hydrogens is 1180 g/mol. The molecule has 0 fully saturated rings. The maximum atomic E-state index is 5.74. The Bertz CT molecular complexity index is 5340. The normalized spacial score (nSPS) is 14.7. The number of aliphatic imine (C=N–C) groups is 7. The number of nitrogens with one attached hydrogen (secondary N) is 2. The van der Waals surface area contributed by atoms with Gasteiger partial charge in [-0.05, 0) is 94.6 Å². The van der Waals surface area contributed by atoms with Gasteiger partial charge in [-0.25, -0.2) is 34.9 Å². The van der Waals surface area contributed by atoms with E-state index >= 15 is 0 Å². The smallest absolute Gasteiger partial charge is 0.259 e. The Balaban J connectivity index is 0.000000242. The summed E-state index contributed by atoms with van der Waals surface area (Å²) in [6, 6.07) is 86.3. The molecule has 3 aromatic heterocycles. The van der Waals surface area contributed by atoms with Crippen molar-refractivity contribution in [3.63, 3.8) is 0 Å². The van der Waals surface area contributed by atoms with Gasteiger partial charge in [0, 0.05) is 51.2 Å². The van der Waals surface area contributed by atoms with E-state index in [-0.39, 0.29) is 5.95 Å². The molecule has 96 heavy (non-hydrogen) atoms. The van der Waals surface area contributed by atoms with Crippen LogP contribution in [0.5, 0.6) is 0 Å². The van der Waals surface area contributed by atoms with Crippen LogP contribution in [0.3, 0.4) is 0 Å². The van der Waals surface area contributed by atoms with Gasteiger partial charge >= 0.3 is 0 Å². The van der Waals surface area contributed by atoms with E-state index in [4.69, 9.17) is 30.1 Å². The predicted molar refractivity (Wildman–Crippen MR) is 386 cm³/mol. The van der Waals surface area contributed by atoms with E-state index in [2.05, 4.69) is 246 Å². The number of nitrogens with zero attached hydrogens (tertiary/aromatic N) is 14. The first-order valence-electron chi connectivity index (χ1n) is 31.3. The highest BCUT2D eigenvalue weighted by Gasteiger charge is 2.32. The van der Waals surface area contributed by atoms with Gasteiger partial charge in [0.25, 0.3) is 17.7 Å². The molecule has 2 N–H and O–H groups in total. The molecule has 18 rings (SSSR count). The van der Waals surface area contributed by atoms with Gasteiger partial charge in [0.15, 0.2) is 11.5 Å². The molecule has 0 radical (unpaired) electrons. The Labute approximate surface area is 550 Å². The molecule has 16 nitrogen and oxygen atoms in total. The van der Waals surface area contributed by atoms with Crippen LogP contribution in [0.25, 0.3) is 90.0 Å². The summed E-state index contributed by atoms with van der Waals surface area (Å²) < 4.78 is 4.39. The van der Waals surface area contributed by atoms with Crippen LogP contribution < -0.4 is 10.9 Å². The molecule has 8 aromatic carbocycles. The number of allylic oxidation sites excluding steroid dienone is 7. The van der Waals surface area contributed by atoms with E-state index in [1.165, 1.54) is 0 Å². The minimum Gasteiger partial charge on any atom is -0.308 e. The highest BCUT2D eigenvalue weighted by molar-refractivity contribution is 6.22. The summed E-state index contributed by atoms with van der Waals surface area (Å²) in [6.07, 6.45) is 17.2. The lowest BCUT2D eigenvalue weighted by molar-refractivity contribution is 0.899. The Morgan fingerprint density at radius 1 is 0.344 bits per heavy atom. The lowest BCUT2D eigenvalue weighted by atomic mass is 9.89. The number of aromatic nitrogens is 7. The van der Waals surface area contributed by atoms with Gasteiger partial charge in [-0.2, -0.15) is 15.0 Å². The van der Waals surface area contributed by atoms with E-state index in [9.17, 15) is 0 Å². The van der Waals surface area contributed by atoms with Crippen LogP contribution in [0.1, 0.15) is 28.2 Å². The SMILES string of the molecule is C1=C(c2ccccc2)c2nc1cc1nnc(nc3nc(c(-c4ccccc4)c4c(-c5ccccc5)c(-c5ccccc5)c(c2-c2ccccc2)n4-c2ccccc2)C(c2ccccc2)=N3)n1-c1ccccc1.C1=CC2=NC1=CC1=NC(=NC3=NC(=CC4=NC(=C2)C=C4)C=N3)NN1. The van der Waals surface area contributed by atoms with Crippen molar-refractivity contribution in [1.82, 2.24) is 45.1 Å². The Hall–Kier alpha value is -13.6. The molecular formula is C80H52N16. The highest BCUT2D eigenvalue weighted by Crippen LogP contribution is 2.51. The zero-order valence-corrected chi connectivity index (χ0v) is 51.1. The second-order valence-corrected chi connectivity index (χ2v) is 22.8. The largest absolute Gasteiger partial charge is 0.308 e. The fourth-order valence-corrected chi connectivity index (χ4v) is 12.5. The monoisotopic (exact) mass is 1240 g/mol. The molecule has 11 aromatic rings. The second kappa shape index (κ2) is 24.6. The number of para-hydroxylation sites is 2. The van der Waals surface area contributed by atoms with Gasteiger partial charge in [0.2, 0.25) is 5.96 Å². The Kier molecular flexibility index (Phi) is 14.4. The number of amidine groups is 1. The fourth-order valence-electron chi connectivity index (χ4n) is 12.5. The van der Waals surface area contributed by atoms with Crippen molar-refractivity contribution >= 4 is 81.2 Å². The first-order chi connectivity index (χ1) is 47.5. The topological polar surface area (TPSA) is 185 Å². The van der Waals surface area contributed by atoms with Gasteiger partial charge in [-0.15, -0.1) is 10.2 Å². The second-order valence-electron chi connectivity index (χ2n) is 22.8. The molecule has 0 saturated heterocycles. The Morgan fingerprint density at radius 2 is 0.833 bits per heavy atom. The van der Waals surface area contributed by atoms with Gasteiger partial charge < -0.3 is 4.57 Å². The van der Waals surface area contributed by atoms with Crippen LogP contribution in [0, 0.1) is 0 Å². The van der Waals surface area contributed by atoms with Gasteiger partial charge in [0.05, 0.1) is 62.8 Å². The lowest BCUT2D eigenvalue weighted by Gasteiger charge is -2.17. The van der Waals surface area contributed by atoms with E-state index in [1.54, 1.807) is 6.21 Å². The van der Waals surface area contributed by atoms with E-state index in [0.717, 1.165) is 112 Å². The first kappa shape index (κ1) is 56.4. The zero-order chi connectivity index (χ0) is 63.7. The maximum Gasteiger partial charge on any atom is 0.259 e. The Morgan fingerprint density at radius 3 is 1.41 bits per heavy atom. The molecule has 452 valence electrons. The molecule has 0 amide bonds. The third-order valence-electron chi connectivity index (χ3n) is 16.6. The molecule has 16 heteroatoms. The van der Waals surface area contributed by atoms with Crippen LogP contribution >= 0.6 is 0 Å². The predicted octanol–water partition coefficient (Wildman–Crippen LogP) is 15.8. The molecule has 0 saturated carbocycles. The first-order valence-corrected chi connectivity index (χ1v) is 31.3. The van der Waals surface area contributed by atoms with Crippen molar-refractivity contribution in [3.8, 4) is 55.9 Å². The molecule has 7 aliphatic rings. The molecule has 0 spiro atoms. The summed E-state index contributed by atoms with van der Waals surface area (Å²) in [7, 11) is 0. The number of hydrogen-bond donors (Lipinski definition) is 2. The van der Waals surface area contributed by atoms with Crippen LogP contribution in [-0.4, -0.2) is 75.4 Å². The lowest BCUT2D eigenvalue weighted by Crippen LogP contribution is -2.32. The third-order valence-corrected chi connectivity index (χ3v) is 16.6. The van der Waals surface area contributed by atoms with Crippen molar-refractivity contribution in [2.24, 2.45) is 34.9 Å². The molecule has 7 aliphatic heterocycles. The number of fused-ring (bicyclic) bond motifs is 12. The number of hydrazine groups is 1. The minimum atomic E-state index is 0.250. The summed E-state index contributed by atoms with van der Waals surface area (Å²) in [5.74, 6) is 1.94. The van der Waals surface area contributed by atoms with Crippen LogP contribution in [-0.2, 0) is 0 Å². The average molecular weight is 1240 g/mol. The van der Waals surface area contributed by atoms with E-state index in [0.29, 0.717) is 52.0 Å². The number of guanidine groups is 2. The molecule has 0 aliphatic carbocycles. The van der Waals surface area contributed by atoms with Crippen molar-refractivity contribution in [3.05, 3.63) is 337 Å². The van der Waals surface area contributed by atoms with Crippen molar-refractivity contribution < 1.29 is 0 Å². The molecule has 16 bridgehead atoms. The van der Waals surface area contributed by atoms with Crippen LogP contribution in [0.4, 0.5) is 5.95 Å². The van der Waals surface area contributed by atoms with Gasteiger partial charge in [0.1, 0.15) is 11.4 Å².